The first-order valence-corrected chi connectivity index (χ1v) is 9.89. The highest BCUT2D eigenvalue weighted by atomic mass is 35.5. The lowest BCUT2D eigenvalue weighted by Gasteiger charge is -2.15. The third kappa shape index (κ3) is 5.96. The molecule has 1 aromatic heterocycles. The molecule has 1 amide bonds. The summed E-state index contributed by atoms with van der Waals surface area (Å²) in [5, 5.41) is 6.55. The number of benzene rings is 2. The SMILES string of the molecule is COc1ccc(C(=O)NC(=NCc2ccccn2)Nc2cc(Cl)ccc2C)cc1OC. The summed E-state index contributed by atoms with van der Waals surface area (Å²) in [5.41, 5.74) is 2.85. The van der Waals surface area contributed by atoms with Gasteiger partial charge in [-0.25, -0.2) is 4.99 Å². The molecule has 0 radical (unpaired) electrons. The van der Waals surface area contributed by atoms with Gasteiger partial charge in [0.15, 0.2) is 11.5 Å². The van der Waals surface area contributed by atoms with Gasteiger partial charge in [0, 0.05) is 22.5 Å². The predicted molar refractivity (Wildman–Crippen MR) is 122 cm³/mol. The van der Waals surface area contributed by atoms with Crippen molar-refractivity contribution in [3.8, 4) is 11.5 Å². The number of methoxy groups -OCH3 is 2. The van der Waals surface area contributed by atoms with Crippen molar-refractivity contribution in [3.05, 3.63) is 82.6 Å². The first kappa shape index (κ1) is 22.1. The fourth-order valence-electron chi connectivity index (χ4n) is 2.78. The third-order valence-corrected chi connectivity index (χ3v) is 4.69. The number of amides is 1. The maximum Gasteiger partial charge on any atom is 0.258 e. The summed E-state index contributed by atoms with van der Waals surface area (Å²) in [4.78, 5) is 21.7. The first-order chi connectivity index (χ1) is 15.0. The molecule has 3 rings (SSSR count). The van der Waals surface area contributed by atoms with Crippen molar-refractivity contribution in [1.29, 1.82) is 0 Å². The van der Waals surface area contributed by atoms with Crippen LogP contribution in [0.1, 0.15) is 21.6 Å². The first-order valence-electron chi connectivity index (χ1n) is 9.51. The molecular weight excluding hydrogens is 416 g/mol. The van der Waals surface area contributed by atoms with E-state index >= 15 is 0 Å². The van der Waals surface area contributed by atoms with E-state index in [2.05, 4.69) is 20.6 Å². The fourth-order valence-corrected chi connectivity index (χ4v) is 2.95. The molecule has 0 aliphatic rings. The summed E-state index contributed by atoms with van der Waals surface area (Å²) in [6.45, 7) is 2.22. The number of carbonyl (C=O) groups excluding carboxylic acids is 1. The number of nitrogens with one attached hydrogen (secondary N) is 2. The van der Waals surface area contributed by atoms with Gasteiger partial charge in [0.2, 0.25) is 5.96 Å². The van der Waals surface area contributed by atoms with E-state index in [1.807, 2.05) is 31.2 Å². The number of carbonyl (C=O) groups is 1. The maximum atomic E-state index is 12.9. The topological polar surface area (TPSA) is 84.8 Å². The Morgan fingerprint density at radius 3 is 2.58 bits per heavy atom. The highest BCUT2D eigenvalue weighted by molar-refractivity contribution is 6.31. The Bertz CT molecular complexity index is 1090. The van der Waals surface area contributed by atoms with Crippen molar-refractivity contribution in [1.82, 2.24) is 10.3 Å². The van der Waals surface area contributed by atoms with Crippen LogP contribution in [0.15, 0.2) is 65.8 Å². The molecule has 2 aromatic carbocycles. The number of halogens is 1. The third-order valence-electron chi connectivity index (χ3n) is 4.46. The molecule has 160 valence electrons. The molecular formula is C23H23ClN4O3. The number of hydrogen-bond donors (Lipinski definition) is 2. The average molecular weight is 439 g/mol. The Kier molecular flexibility index (Phi) is 7.45. The van der Waals surface area contributed by atoms with Gasteiger partial charge in [-0.3, -0.25) is 15.1 Å². The van der Waals surface area contributed by atoms with E-state index in [-0.39, 0.29) is 18.4 Å². The van der Waals surface area contributed by atoms with Crippen molar-refractivity contribution in [2.24, 2.45) is 4.99 Å². The lowest BCUT2D eigenvalue weighted by molar-refractivity contribution is 0.0976. The second kappa shape index (κ2) is 10.4. The number of aliphatic imine (C=N–C) groups is 1. The molecule has 0 atom stereocenters. The number of nitrogens with zero attached hydrogens (tertiary/aromatic N) is 2. The van der Waals surface area contributed by atoms with Crippen LogP contribution < -0.4 is 20.1 Å². The van der Waals surface area contributed by atoms with E-state index < -0.39 is 0 Å². The van der Waals surface area contributed by atoms with Crippen molar-refractivity contribution in [2.45, 2.75) is 13.5 Å². The van der Waals surface area contributed by atoms with Gasteiger partial charge in [0.05, 0.1) is 26.5 Å². The number of ether oxygens (including phenoxy) is 2. The highest BCUT2D eigenvalue weighted by Gasteiger charge is 2.14. The number of pyridine rings is 1. The zero-order valence-electron chi connectivity index (χ0n) is 17.5. The molecule has 7 nitrogen and oxygen atoms in total. The quantitative estimate of drug-likeness (QED) is 0.438. The van der Waals surface area contributed by atoms with Crippen LogP contribution in [0.3, 0.4) is 0 Å². The Hall–Kier alpha value is -3.58. The van der Waals surface area contributed by atoms with Crippen LogP contribution in [0, 0.1) is 6.92 Å². The Morgan fingerprint density at radius 1 is 1.06 bits per heavy atom. The Labute approximate surface area is 186 Å². The normalized spacial score (nSPS) is 11.0. The molecule has 0 aliphatic heterocycles. The second-order valence-electron chi connectivity index (χ2n) is 6.59. The van der Waals surface area contributed by atoms with Gasteiger partial charge in [-0.2, -0.15) is 0 Å². The van der Waals surface area contributed by atoms with Crippen LogP contribution in [-0.2, 0) is 6.54 Å². The summed E-state index contributed by atoms with van der Waals surface area (Å²) in [6.07, 6.45) is 1.70. The van der Waals surface area contributed by atoms with E-state index in [9.17, 15) is 4.79 Å². The van der Waals surface area contributed by atoms with Gasteiger partial charge in [-0.1, -0.05) is 23.7 Å². The van der Waals surface area contributed by atoms with Crippen molar-refractivity contribution >= 4 is 29.2 Å². The number of rotatable bonds is 6. The smallest absolute Gasteiger partial charge is 0.258 e. The van der Waals surface area contributed by atoms with Crippen LogP contribution in [-0.4, -0.2) is 31.1 Å². The number of guanidine groups is 1. The molecule has 31 heavy (non-hydrogen) atoms. The van der Waals surface area contributed by atoms with Crippen molar-refractivity contribution in [2.75, 3.05) is 19.5 Å². The lowest BCUT2D eigenvalue weighted by atomic mass is 10.2. The minimum absolute atomic E-state index is 0.274. The van der Waals surface area contributed by atoms with Gasteiger partial charge in [-0.05, 0) is 55.0 Å². The molecule has 1 heterocycles. The summed E-state index contributed by atoms with van der Waals surface area (Å²) in [5.74, 6) is 0.917. The van der Waals surface area contributed by atoms with Gasteiger partial charge < -0.3 is 14.8 Å². The number of aryl methyl sites for hydroxylation is 1. The van der Waals surface area contributed by atoms with Crippen LogP contribution >= 0.6 is 11.6 Å². The van der Waals surface area contributed by atoms with Crippen LogP contribution in [0.2, 0.25) is 5.02 Å². The van der Waals surface area contributed by atoms with Gasteiger partial charge in [0.1, 0.15) is 0 Å². The molecule has 0 saturated carbocycles. The van der Waals surface area contributed by atoms with E-state index in [1.165, 1.54) is 14.2 Å². The minimum atomic E-state index is -0.354. The standard InChI is InChI=1S/C23H23ClN4O3/c1-15-7-9-17(24)13-19(15)27-23(26-14-18-6-4-5-11-25-18)28-22(29)16-8-10-20(30-2)21(12-16)31-3/h4-13H,14H2,1-3H3,(H2,26,27,28,29). The molecule has 0 saturated heterocycles. The molecule has 2 N–H and O–H groups in total. The van der Waals surface area contributed by atoms with Gasteiger partial charge >= 0.3 is 0 Å². The van der Waals surface area contributed by atoms with Crippen LogP contribution in [0.4, 0.5) is 5.69 Å². The molecule has 0 spiro atoms. The minimum Gasteiger partial charge on any atom is -0.493 e. The van der Waals surface area contributed by atoms with E-state index in [0.717, 1.165) is 16.9 Å². The monoisotopic (exact) mass is 438 g/mol. The largest absolute Gasteiger partial charge is 0.493 e. The van der Waals surface area contributed by atoms with Crippen molar-refractivity contribution in [3.63, 3.8) is 0 Å². The molecule has 0 aliphatic carbocycles. The predicted octanol–water partition coefficient (Wildman–Crippen LogP) is 4.46. The van der Waals surface area contributed by atoms with Gasteiger partial charge in [-0.15, -0.1) is 0 Å². The summed E-state index contributed by atoms with van der Waals surface area (Å²) in [7, 11) is 3.06. The van der Waals surface area contributed by atoms with E-state index in [0.29, 0.717) is 22.1 Å². The number of hydrogen-bond acceptors (Lipinski definition) is 5. The molecule has 8 heteroatoms. The Balaban J connectivity index is 1.86. The fraction of sp³-hybridized carbons (Fsp3) is 0.174. The van der Waals surface area contributed by atoms with Crippen LogP contribution in [0.25, 0.3) is 0 Å². The zero-order valence-corrected chi connectivity index (χ0v) is 18.2. The Morgan fingerprint density at radius 2 is 1.87 bits per heavy atom. The number of aromatic nitrogens is 1. The number of anilines is 1. The lowest BCUT2D eigenvalue weighted by Crippen LogP contribution is -2.36. The average Bonchev–Trinajstić information content (AvgIpc) is 2.79. The molecule has 3 aromatic rings. The van der Waals surface area contributed by atoms with E-state index in [1.54, 1.807) is 36.5 Å². The summed E-state index contributed by atoms with van der Waals surface area (Å²) < 4.78 is 10.5. The summed E-state index contributed by atoms with van der Waals surface area (Å²) in [6, 6.07) is 16.0. The van der Waals surface area contributed by atoms with E-state index in [4.69, 9.17) is 21.1 Å². The molecule has 0 bridgehead atoms. The highest BCUT2D eigenvalue weighted by Crippen LogP contribution is 2.27. The maximum absolute atomic E-state index is 12.9. The van der Waals surface area contributed by atoms with Crippen molar-refractivity contribution < 1.29 is 14.3 Å². The van der Waals surface area contributed by atoms with Gasteiger partial charge in [0.25, 0.3) is 5.91 Å². The van der Waals surface area contributed by atoms with Crippen LogP contribution in [0.5, 0.6) is 11.5 Å². The zero-order chi connectivity index (χ0) is 22.2. The molecule has 0 fully saturated rings. The molecule has 0 unspecified atom stereocenters. The summed E-state index contributed by atoms with van der Waals surface area (Å²) >= 11 is 6.13. The second-order valence-corrected chi connectivity index (χ2v) is 7.03.